The Morgan fingerprint density at radius 3 is 3.00 bits per heavy atom. The minimum atomic E-state index is -0.312. The normalized spacial score (nSPS) is 10.1. The molecule has 0 atom stereocenters. The summed E-state index contributed by atoms with van der Waals surface area (Å²) in [5.74, 6) is -0.0211. The number of H-pyrrole nitrogens is 1. The molecule has 66 valence electrons. The number of pyridine rings is 1. The van der Waals surface area contributed by atoms with Gasteiger partial charge in [-0.25, -0.2) is 0 Å². The molecule has 0 aliphatic carbocycles. The fourth-order valence-electron chi connectivity index (χ4n) is 0.818. The molecule has 0 saturated heterocycles. The maximum absolute atomic E-state index is 10.7. The molecule has 1 aromatic rings. The monoisotopic (exact) mass is 169 g/mol. The standard InChI is InChI=1S/C8H11NO3/c1-2-12-5-6-4-9-8(11)3-7(6)10/h3-4H,2,5H2,1H3,(H2,9,10,11). The molecule has 0 aliphatic rings. The van der Waals surface area contributed by atoms with Crippen LogP contribution in [0.15, 0.2) is 17.1 Å². The van der Waals surface area contributed by atoms with E-state index in [0.717, 1.165) is 6.07 Å². The van der Waals surface area contributed by atoms with Gasteiger partial charge in [-0.3, -0.25) is 4.79 Å². The topological polar surface area (TPSA) is 62.3 Å². The summed E-state index contributed by atoms with van der Waals surface area (Å²) in [7, 11) is 0. The van der Waals surface area contributed by atoms with E-state index in [-0.39, 0.29) is 11.3 Å². The Bertz CT molecular complexity index is 305. The van der Waals surface area contributed by atoms with Gasteiger partial charge in [-0.2, -0.15) is 0 Å². The number of ether oxygens (including phenoxy) is 1. The molecule has 12 heavy (non-hydrogen) atoms. The second-order valence-electron chi connectivity index (χ2n) is 2.34. The first-order valence-corrected chi connectivity index (χ1v) is 3.72. The molecule has 0 amide bonds. The third-order valence-corrected chi connectivity index (χ3v) is 1.45. The zero-order chi connectivity index (χ0) is 8.97. The van der Waals surface area contributed by atoms with Crippen molar-refractivity contribution in [1.29, 1.82) is 0 Å². The van der Waals surface area contributed by atoms with Crippen molar-refractivity contribution >= 4 is 0 Å². The van der Waals surface area contributed by atoms with Gasteiger partial charge in [-0.05, 0) is 6.92 Å². The summed E-state index contributed by atoms with van der Waals surface area (Å²) in [6.07, 6.45) is 1.45. The van der Waals surface area contributed by atoms with Crippen LogP contribution in [-0.2, 0) is 11.3 Å². The fourth-order valence-corrected chi connectivity index (χ4v) is 0.818. The fraction of sp³-hybridized carbons (Fsp3) is 0.375. The highest BCUT2D eigenvalue weighted by molar-refractivity contribution is 5.27. The van der Waals surface area contributed by atoms with Gasteiger partial charge in [0.2, 0.25) is 0 Å². The second kappa shape index (κ2) is 3.92. The van der Waals surface area contributed by atoms with Crippen LogP contribution in [0.1, 0.15) is 12.5 Å². The Balaban J connectivity index is 2.79. The molecule has 1 rings (SSSR count). The lowest BCUT2D eigenvalue weighted by atomic mass is 10.3. The molecule has 4 nitrogen and oxygen atoms in total. The zero-order valence-corrected chi connectivity index (χ0v) is 6.83. The summed E-state index contributed by atoms with van der Waals surface area (Å²) < 4.78 is 5.06. The van der Waals surface area contributed by atoms with Gasteiger partial charge >= 0.3 is 0 Å². The van der Waals surface area contributed by atoms with Crippen LogP contribution >= 0.6 is 0 Å². The number of aromatic amines is 1. The van der Waals surface area contributed by atoms with Crippen molar-refractivity contribution in [2.45, 2.75) is 13.5 Å². The highest BCUT2D eigenvalue weighted by Crippen LogP contribution is 2.12. The minimum absolute atomic E-state index is 0.0211. The summed E-state index contributed by atoms with van der Waals surface area (Å²) in [4.78, 5) is 13.1. The summed E-state index contributed by atoms with van der Waals surface area (Å²) >= 11 is 0. The number of aromatic hydroxyl groups is 1. The Morgan fingerprint density at radius 1 is 1.67 bits per heavy atom. The quantitative estimate of drug-likeness (QED) is 0.697. The maximum atomic E-state index is 10.7. The van der Waals surface area contributed by atoms with E-state index >= 15 is 0 Å². The van der Waals surface area contributed by atoms with E-state index in [1.165, 1.54) is 6.20 Å². The first-order chi connectivity index (χ1) is 5.74. The molecule has 0 bridgehead atoms. The maximum Gasteiger partial charge on any atom is 0.251 e. The van der Waals surface area contributed by atoms with Crippen LogP contribution in [0.3, 0.4) is 0 Å². The predicted molar refractivity (Wildman–Crippen MR) is 44.1 cm³/mol. The Morgan fingerprint density at radius 2 is 2.42 bits per heavy atom. The molecule has 0 radical (unpaired) electrons. The Hall–Kier alpha value is -1.29. The lowest BCUT2D eigenvalue weighted by Gasteiger charge is -2.02. The van der Waals surface area contributed by atoms with Crippen LogP contribution in [0.25, 0.3) is 0 Å². The summed E-state index contributed by atoms with van der Waals surface area (Å²) in [5, 5.41) is 9.22. The smallest absolute Gasteiger partial charge is 0.251 e. The number of aromatic nitrogens is 1. The zero-order valence-electron chi connectivity index (χ0n) is 6.83. The van der Waals surface area contributed by atoms with Crippen LogP contribution < -0.4 is 5.56 Å². The number of hydrogen-bond acceptors (Lipinski definition) is 3. The van der Waals surface area contributed by atoms with Crippen LogP contribution in [0.4, 0.5) is 0 Å². The second-order valence-corrected chi connectivity index (χ2v) is 2.34. The SMILES string of the molecule is CCOCc1c[nH]c(=O)cc1O. The van der Waals surface area contributed by atoms with Crippen molar-refractivity contribution in [3.63, 3.8) is 0 Å². The van der Waals surface area contributed by atoms with Crippen molar-refractivity contribution in [3.05, 3.63) is 28.2 Å². The molecule has 0 aliphatic heterocycles. The van der Waals surface area contributed by atoms with E-state index in [2.05, 4.69) is 4.98 Å². The highest BCUT2D eigenvalue weighted by Gasteiger charge is 2.00. The van der Waals surface area contributed by atoms with Gasteiger partial charge in [-0.15, -0.1) is 0 Å². The summed E-state index contributed by atoms with van der Waals surface area (Å²) in [6, 6.07) is 1.13. The molecule has 0 aromatic carbocycles. The van der Waals surface area contributed by atoms with Crippen molar-refractivity contribution in [1.82, 2.24) is 4.98 Å². The van der Waals surface area contributed by atoms with Gasteiger partial charge in [0.05, 0.1) is 6.61 Å². The third-order valence-electron chi connectivity index (χ3n) is 1.45. The summed E-state index contributed by atoms with van der Waals surface area (Å²) in [6.45, 7) is 2.76. The molecule has 4 heteroatoms. The van der Waals surface area contributed by atoms with Crippen molar-refractivity contribution < 1.29 is 9.84 Å². The van der Waals surface area contributed by atoms with Gasteiger partial charge in [0.25, 0.3) is 5.56 Å². The molecular weight excluding hydrogens is 158 g/mol. The minimum Gasteiger partial charge on any atom is -0.507 e. The third kappa shape index (κ3) is 2.10. The van der Waals surface area contributed by atoms with Gasteiger partial charge in [0.1, 0.15) is 5.75 Å². The Kier molecular flexibility index (Phi) is 2.88. The van der Waals surface area contributed by atoms with E-state index in [1.54, 1.807) is 0 Å². The van der Waals surface area contributed by atoms with Crippen molar-refractivity contribution in [2.75, 3.05) is 6.61 Å². The van der Waals surface area contributed by atoms with Crippen LogP contribution in [0.2, 0.25) is 0 Å². The molecule has 0 spiro atoms. The lowest BCUT2D eigenvalue weighted by molar-refractivity contribution is 0.132. The number of nitrogens with one attached hydrogen (secondary N) is 1. The van der Waals surface area contributed by atoms with Gasteiger partial charge in [0, 0.05) is 24.4 Å². The van der Waals surface area contributed by atoms with E-state index < -0.39 is 0 Å². The largest absolute Gasteiger partial charge is 0.507 e. The van der Waals surface area contributed by atoms with Gasteiger partial charge in [-0.1, -0.05) is 0 Å². The predicted octanol–water partition coefficient (Wildman–Crippen LogP) is 0.617. The molecule has 0 saturated carbocycles. The van der Waals surface area contributed by atoms with Crippen molar-refractivity contribution in [3.8, 4) is 5.75 Å². The average molecular weight is 169 g/mol. The van der Waals surface area contributed by atoms with Crippen LogP contribution in [0, 0.1) is 0 Å². The van der Waals surface area contributed by atoms with Crippen LogP contribution in [0.5, 0.6) is 5.75 Å². The van der Waals surface area contributed by atoms with E-state index in [9.17, 15) is 9.90 Å². The lowest BCUT2D eigenvalue weighted by Crippen LogP contribution is -2.04. The van der Waals surface area contributed by atoms with E-state index in [4.69, 9.17) is 4.74 Å². The van der Waals surface area contributed by atoms with E-state index in [1.807, 2.05) is 6.92 Å². The average Bonchev–Trinajstić information content (AvgIpc) is 2.03. The molecule has 0 unspecified atom stereocenters. The number of rotatable bonds is 3. The first-order valence-electron chi connectivity index (χ1n) is 3.72. The van der Waals surface area contributed by atoms with Gasteiger partial charge < -0.3 is 14.8 Å². The molecule has 2 N–H and O–H groups in total. The van der Waals surface area contributed by atoms with E-state index in [0.29, 0.717) is 18.8 Å². The van der Waals surface area contributed by atoms with Crippen LogP contribution in [-0.4, -0.2) is 16.7 Å². The number of hydrogen-bond donors (Lipinski definition) is 2. The van der Waals surface area contributed by atoms with Gasteiger partial charge in [0.15, 0.2) is 0 Å². The van der Waals surface area contributed by atoms with Crippen molar-refractivity contribution in [2.24, 2.45) is 0 Å². The summed E-state index contributed by atoms with van der Waals surface area (Å²) in [5.41, 5.74) is 0.282. The molecule has 1 heterocycles. The highest BCUT2D eigenvalue weighted by atomic mass is 16.5. The molecular formula is C8H11NO3. The molecule has 1 aromatic heterocycles. The Labute approximate surface area is 69.8 Å². The molecule has 0 fully saturated rings. The first kappa shape index (κ1) is 8.80.